The fourth-order valence-corrected chi connectivity index (χ4v) is 3.04. The third-order valence-corrected chi connectivity index (χ3v) is 3.94. The first kappa shape index (κ1) is 12.1. The molecule has 0 radical (unpaired) electrons. The molecule has 0 saturated heterocycles. The molecule has 2 N–H and O–H groups in total. The van der Waals surface area contributed by atoms with E-state index in [9.17, 15) is 0 Å². The van der Waals surface area contributed by atoms with Crippen molar-refractivity contribution in [3.8, 4) is 11.3 Å². The van der Waals surface area contributed by atoms with Crippen LogP contribution in [-0.2, 0) is 6.42 Å². The molecule has 17 heavy (non-hydrogen) atoms. The van der Waals surface area contributed by atoms with Gasteiger partial charge in [-0.3, -0.25) is 0 Å². The lowest BCUT2D eigenvalue weighted by molar-refractivity contribution is 1.09. The fourth-order valence-electron chi connectivity index (χ4n) is 2.26. The zero-order valence-electron chi connectivity index (χ0n) is 10.8. The summed E-state index contributed by atoms with van der Waals surface area (Å²) in [5.41, 5.74) is 12.0. The fraction of sp³-hybridized carbons (Fsp3) is 0.357. The van der Waals surface area contributed by atoms with Crippen molar-refractivity contribution in [2.75, 3.05) is 5.73 Å². The van der Waals surface area contributed by atoms with E-state index in [0.29, 0.717) is 0 Å². The maximum atomic E-state index is 6.08. The van der Waals surface area contributed by atoms with Crippen LogP contribution in [0.5, 0.6) is 0 Å². The smallest absolute Gasteiger partial charge is 0.114 e. The van der Waals surface area contributed by atoms with Crippen LogP contribution in [0.4, 0.5) is 5.00 Å². The van der Waals surface area contributed by atoms with Crippen molar-refractivity contribution in [3.05, 3.63) is 33.8 Å². The summed E-state index contributed by atoms with van der Waals surface area (Å²) in [7, 11) is 0. The normalized spacial score (nSPS) is 10.8. The Hall–Kier alpha value is -1.35. The Kier molecular flexibility index (Phi) is 3.20. The highest BCUT2D eigenvalue weighted by Gasteiger charge is 2.14. The van der Waals surface area contributed by atoms with Gasteiger partial charge in [-0.15, -0.1) is 11.3 Å². The second kappa shape index (κ2) is 4.49. The Morgan fingerprint density at radius 2 is 1.76 bits per heavy atom. The summed E-state index contributed by atoms with van der Waals surface area (Å²) in [5.74, 6) is 0. The summed E-state index contributed by atoms with van der Waals surface area (Å²) in [4.78, 5) is 4.64. The van der Waals surface area contributed by atoms with E-state index in [0.717, 1.165) is 22.1 Å². The van der Waals surface area contributed by atoms with E-state index in [1.165, 1.54) is 22.3 Å². The summed E-state index contributed by atoms with van der Waals surface area (Å²) >= 11 is 1.60. The summed E-state index contributed by atoms with van der Waals surface area (Å²) in [6.45, 7) is 8.47. The van der Waals surface area contributed by atoms with Crippen LogP contribution in [0, 0.1) is 20.8 Å². The van der Waals surface area contributed by atoms with Crippen molar-refractivity contribution in [2.45, 2.75) is 34.1 Å². The molecule has 90 valence electrons. The Morgan fingerprint density at radius 1 is 1.18 bits per heavy atom. The van der Waals surface area contributed by atoms with Crippen LogP contribution in [0.15, 0.2) is 12.1 Å². The monoisotopic (exact) mass is 246 g/mol. The lowest BCUT2D eigenvalue weighted by atomic mass is 9.97. The Labute approximate surface area is 107 Å². The van der Waals surface area contributed by atoms with E-state index in [2.05, 4.69) is 44.8 Å². The van der Waals surface area contributed by atoms with Gasteiger partial charge in [0.25, 0.3) is 0 Å². The van der Waals surface area contributed by atoms with Crippen molar-refractivity contribution in [1.82, 2.24) is 4.98 Å². The first-order chi connectivity index (χ1) is 8.02. The quantitative estimate of drug-likeness (QED) is 0.873. The lowest BCUT2D eigenvalue weighted by Crippen LogP contribution is -1.93. The summed E-state index contributed by atoms with van der Waals surface area (Å²) < 4.78 is 0. The van der Waals surface area contributed by atoms with Crippen LogP contribution in [0.3, 0.4) is 0 Å². The number of hydrogen-bond donors (Lipinski definition) is 1. The minimum atomic E-state index is 0.830. The Balaban J connectivity index is 2.63. The van der Waals surface area contributed by atoms with E-state index < -0.39 is 0 Å². The maximum Gasteiger partial charge on any atom is 0.114 e. The van der Waals surface area contributed by atoms with Crippen LogP contribution >= 0.6 is 11.3 Å². The van der Waals surface area contributed by atoms with Crippen molar-refractivity contribution in [2.24, 2.45) is 0 Å². The number of nitrogen functional groups attached to an aromatic ring is 1. The third-order valence-electron chi connectivity index (χ3n) is 2.91. The average Bonchev–Trinajstić information content (AvgIpc) is 2.59. The highest BCUT2D eigenvalue weighted by molar-refractivity contribution is 7.16. The number of benzene rings is 1. The number of nitrogens with zero attached hydrogens (tertiary/aromatic N) is 1. The van der Waals surface area contributed by atoms with Gasteiger partial charge in [-0.25, -0.2) is 4.98 Å². The molecular formula is C14H18N2S. The molecule has 2 aromatic rings. The SMILES string of the molecule is CCc1nc(-c2c(C)cc(C)cc2C)c(N)s1. The van der Waals surface area contributed by atoms with E-state index in [1.807, 2.05) is 0 Å². The van der Waals surface area contributed by atoms with Gasteiger partial charge in [-0.2, -0.15) is 0 Å². The number of rotatable bonds is 2. The van der Waals surface area contributed by atoms with Crippen molar-refractivity contribution in [3.63, 3.8) is 0 Å². The molecule has 0 fully saturated rings. The molecule has 0 aliphatic rings. The van der Waals surface area contributed by atoms with Gasteiger partial charge >= 0.3 is 0 Å². The topological polar surface area (TPSA) is 38.9 Å². The summed E-state index contributed by atoms with van der Waals surface area (Å²) in [5, 5.41) is 1.94. The molecule has 1 heterocycles. The molecule has 0 aliphatic carbocycles. The predicted octanol–water partition coefficient (Wildman–Crippen LogP) is 3.88. The number of hydrogen-bond acceptors (Lipinski definition) is 3. The zero-order valence-corrected chi connectivity index (χ0v) is 11.6. The lowest BCUT2D eigenvalue weighted by Gasteiger charge is -2.09. The van der Waals surface area contributed by atoms with Crippen LogP contribution in [-0.4, -0.2) is 4.98 Å². The minimum Gasteiger partial charge on any atom is -0.389 e. The molecule has 0 bridgehead atoms. The number of thiazole rings is 1. The van der Waals surface area contributed by atoms with Crippen LogP contribution in [0.25, 0.3) is 11.3 Å². The van der Waals surface area contributed by atoms with Gasteiger partial charge in [0.05, 0.1) is 5.01 Å². The van der Waals surface area contributed by atoms with E-state index in [1.54, 1.807) is 11.3 Å². The van der Waals surface area contributed by atoms with Crippen molar-refractivity contribution < 1.29 is 0 Å². The van der Waals surface area contributed by atoms with Gasteiger partial charge in [0.15, 0.2) is 0 Å². The molecule has 0 amide bonds. The summed E-state index contributed by atoms with van der Waals surface area (Å²) in [6.07, 6.45) is 0.943. The van der Waals surface area contributed by atoms with E-state index >= 15 is 0 Å². The first-order valence-electron chi connectivity index (χ1n) is 5.86. The molecule has 2 nitrogen and oxygen atoms in total. The maximum absolute atomic E-state index is 6.08. The van der Waals surface area contributed by atoms with Gasteiger partial charge in [-0.05, 0) is 38.3 Å². The Morgan fingerprint density at radius 3 is 2.24 bits per heavy atom. The van der Waals surface area contributed by atoms with E-state index in [4.69, 9.17) is 5.73 Å². The minimum absolute atomic E-state index is 0.830. The average molecular weight is 246 g/mol. The number of aryl methyl sites for hydroxylation is 4. The van der Waals surface area contributed by atoms with Crippen molar-refractivity contribution >= 4 is 16.3 Å². The molecule has 0 unspecified atom stereocenters. The van der Waals surface area contributed by atoms with E-state index in [-0.39, 0.29) is 0 Å². The van der Waals surface area contributed by atoms with Gasteiger partial charge in [0.1, 0.15) is 10.7 Å². The second-order valence-electron chi connectivity index (χ2n) is 4.45. The number of aromatic nitrogens is 1. The highest BCUT2D eigenvalue weighted by atomic mass is 32.1. The van der Waals surface area contributed by atoms with Gasteiger partial charge in [-0.1, -0.05) is 24.6 Å². The molecule has 0 spiro atoms. The van der Waals surface area contributed by atoms with Gasteiger partial charge < -0.3 is 5.73 Å². The molecule has 0 saturated carbocycles. The van der Waals surface area contributed by atoms with Gasteiger partial charge in [0.2, 0.25) is 0 Å². The molecule has 0 aliphatic heterocycles. The first-order valence-corrected chi connectivity index (χ1v) is 6.68. The molecule has 1 aromatic heterocycles. The van der Waals surface area contributed by atoms with Crippen molar-refractivity contribution in [1.29, 1.82) is 0 Å². The number of anilines is 1. The second-order valence-corrected chi connectivity index (χ2v) is 5.56. The highest BCUT2D eigenvalue weighted by Crippen LogP contribution is 2.35. The third kappa shape index (κ3) is 2.20. The predicted molar refractivity (Wildman–Crippen MR) is 75.6 cm³/mol. The number of nitrogens with two attached hydrogens (primary N) is 1. The van der Waals surface area contributed by atoms with Crippen LogP contribution in [0.1, 0.15) is 28.6 Å². The summed E-state index contributed by atoms with van der Waals surface area (Å²) in [6, 6.07) is 4.37. The molecular weight excluding hydrogens is 228 g/mol. The molecule has 1 aromatic carbocycles. The molecule has 3 heteroatoms. The largest absolute Gasteiger partial charge is 0.389 e. The molecule has 0 atom stereocenters. The van der Waals surface area contributed by atoms with Gasteiger partial charge in [0, 0.05) is 5.56 Å². The zero-order chi connectivity index (χ0) is 12.6. The van der Waals surface area contributed by atoms with Crippen LogP contribution in [0.2, 0.25) is 0 Å². The molecule has 2 rings (SSSR count). The van der Waals surface area contributed by atoms with Crippen LogP contribution < -0.4 is 5.73 Å². The standard InChI is InChI=1S/C14H18N2S/c1-5-11-16-13(14(15)17-11)12-9(3)6-8(2)7-10(12)4/h6-7H,5,15H2,1-4H3. The Bertz CT molecular complexity index is 532.